The van der Waals surface area contributed by atoms with Gasteiger partial charge in [0, 0.05) is 14.1 Å². The molecule has 9 nitrogen and oxygen atoms in total. The third-order valence-corrected chi connectivity index (χ3v) is 4.30. The first-order valence-electron chi connectivity index (χ1n) is 6.10. The Bertz CT molecular complexity index is 708. The van der Waals surface area contributed by atoms with E-state index in [2.05, 4.69) is 4.84 Å². The number of carbonyl (C=O) groups excluding carboxylic acids is 3. The average Bonchev–Trinajstić information content (AvgIpc) is 2.71. The molecule has 1 aliphatic heterocycles. The van der Waals surface area contributed by atoms with Crippen molar-refractivity contribution in [3.8, 4) is 0 Å². The van der Waals surface area contributed by atoms with Crippen molar-refractivity contribution in [1.82, 2.24) is 14.1 Å². The van der Waals surface area contributed by atoms with Crippen LogP contribution in [-0.4, -0.2) is 56.2 Å². The zero-order valence-electron chi connectivity index (χ0n) is 11.8. The summed E-state index contributed by atoms with van der Waals surface area (Å²) in [5.74, 6) is -2.63. The number of imide groups is 1. The summed E-state index contributed by atoms with van der Waals surface area (Å²) in [4.78, 5) is 40.1. The van der Waals surface area contributed by atoms with Gasteiger partial charge in [0.1, 0.15) is 6.54 Å². The summed E-state index contributed by atoms with van der Waals surface area (Å²) in [5, 5.41) is 0.316. The first-order valence-corrected chi connectivity index (χ1v) is 7.54. The molecule has 0 spiro atoms. The van der Waals surface area contributed by atoms with Gasteiger partial charge in [-0.1, -0.05) is 17.2 Å². The highest BCUT2D eigenvalue weighted by atomic mass is 32.2. The Balaban J connectivity index is 2.02. The van der Waals surface area contributed by atoms with Crippen LogP contribution in [0.2, 0.25) is 0 Å². The molecule has 1 aromatic carbocycles. The number of hydrogen-bond donors (Lipinski definition) is 1. The van der Waals surface area contributed by atoms with E-state index >= 15 is 0 Å². The van der Waals surface area contributed by atoms with Gasteiger partial charge in [0.15, 0.2) is 0 Å². The van der Waals surface area contributed by atoms with Crippen LogP contribution in [0.3, 0.4) is 0 Å². The number of hydroxylamine groups is 2. The number of benzene rings is 1. The molecular weight excluding hydrogens is 314 g/mol. The molecule has 118 valence electrons. The van der Waals surface area contributed by atoms with Crippen molar-refractivity contribution >= 4 is 28.0 Å². The fourth-order valence-electron chi connectivity index (χ4n) is 1.66. The SMILES string of the molecule is CN(C)S(=O)(=O)NCC(=O)ON1C(=O)c2ccccc2C1=O. The van der Waals surface area contributed by atoms with Crippen LogP contribution < -0.4 is 4.72 Å². The molecule has 0 fully saturated rings. The number of amides is 2. The second kappa shape index (κ2) is 5.83. The third-order valence-electron chi connectivity index (χ3n) is 2.83. The maximum Gasteiger partial charge on any atom is 0.347 e. The van der Waals surface area contributed by atoms with Crippen molar-refractivity contribution in [1.29, 1.82) is 0 Å². The molecule has 0 aromatic heterocycles. The summed E-state index contributed by atoms with van der Waals surface area (Å²) in [6.07, 6.45) is 0. The normalized spacial score (nSPS) is 14.4. The van der Waals surface area contributed by atoms with E-state index in [-0.39, 0.29) is 11.1 Å². The second-order valence-corrected chi connectivity index (χ2v) is 6.49. The molecule has 0 unspecified atom stereocenters. The molecule has 0 aliphatic carbocycles. The van der Waals surface area contributed by atoms with E-state index in [0.717, 1.165) is 4.31 Å². The number of hydrogen-bond acceptors (Lipinski definition) is 6. The van der Waals surface area contributed by atoms with Gasteiger partial charge in [0.25, 0.3) is 22.0 Å². The quantitative estimate of drug-likeness (QED) is 0.704. The Hall–Kier alpha value is -2.30. The topological polar surface area (TPSA) is 113 Å². The molecule has 1 aliphatic rings. The summed E-state index contributed by atoms with van der Waals surface area (Å²) in [7, 11) is -1.26. The molecule has 0 bridgehead atoms. The van der Waals surface area contributed by atoms with E-state index in [1.54, 1.807) is 12.1 Å². The maximum absolute atomic E-state index is 11.9. The highest BCUT2D eigenvalue weighted by Gasteiger charge is 2.38. The van der Waals surface area contributed by atoms with Crippen molar-refractivity contribution in [3.63, 3.8) is 0 Å². The van der Waals surface area contributed by atoms with Crippen molar-refractivity contribution in [2.45, 2.75) is 0 Å². The van der Waals surface area contributed by atoms with Crippen LogP contribution in [0.15, 0.2) is 24.3 Å². The minimum atomic E-state index is -3.81. The molecule has 0 radical (unpaired) electrons. The van der Waals surface area contributed by atoms with E-state index in [9.17, 15) is 22.8 Å². The Morgan fingerprint density at radius 3 is 2.14 bits per heavy atom. The lowest BCUT2D eigenvalue weighted by Crippen LogP contribution is -2.41. The smallest absolute Gasteiger partial charge is 0.328 e. The summed E-state index contributed by atoms with van der Waals surface area (Å²) >= 11 is 0. The number of fused-ring (bicyclic) bond motifs is 1. The fourth-order valence-corrected chi connectivity index (χ4v) is 2.22. The lowest BCUT2D eigenvalue weighted by Gasteiger charge is -2.14. The van der Waals surface area contributed by atoms with Gasteiger partial charge in [0.05, 0.1) is 11.1 Å². The van der Waals surface area contributed by atoms with E-state index in [1.165, 1.54) is 26.2 Å². The second-order valence-electron chi connectivity index (χ2n) is 4.52. The lowest BCUT2D eigenvalue weighted by atomic mass is 10.1. The zero-order valence-corrected chi connectivity index (χ0v) is 12.6. The number of carbonyl (C=O) groups is 3. The Morgan fingerprint density at radius 1 is 1.18 bits per heavy atom. The predicted octanol–water partition coefficient (Wildman–Crippen LogP) is -0.863. The third kappa shape index (κ3) is 2.98. The van der Waals surface area contributed by atoms with Gasteiger partial charge in [-0.2, -0.15) is 17.4 Å². The minimum absolute atomic E-state index is 0.120. The summed E-state index contributed by atoms with van der Waals surface area (Å²) in [6, 6.07) is 6.00. The summed E-state index contributed by atoms with van der Waals surface area (Å²) < 4.78 is 25.7. The summed E-state index contributed by atoms with van der Waals surface area (Å²) in [5.41, 5.74) is 0.239. The predicted molar refractivity (Wildman–Crippen MR) is 73.6 cm³/mol. The molecule has 1 aromatic rings. The van der Waals surface area contributed by atoms with Crippen LogP contribution in [0, 0.1) is 0 Å². The van der Waals surface area contributed by atoms with Gasteiger partial charge in [0.2, 0.25) is 0 Å². The number of nitrogens with zero attached hydrogens (tertiary/aromatic N) is 2. The molecule has 2 rings (SSSR count). The van der Waals surface area contributed by atoms with Crippen LogP contribution in [0.1, 0.15) is 20.7 Å². The minimum Gasteiger partial charge on any atom is -0.328 e. The lowest BCUT2D eigenvalue weighted by molar-refractivity contribution is -0.166. The largest absolute Gasteiger partial charge is 0.347 e. The molecule has 2 amide bonds. The van der Waals surface area contributed by atoms with Crippen LogP contribution >= 0.6 is 0 Å². The zero-order chi connectivity index (χ0) is 16.5. The van der Waals surface area contributed by atoms with Gasteiger partial charge < -0.3 is 4.84 Å². The van der Waals surface area contributed by atoms with Gasteiger partial charge in [-0.3, -0.25) is 9.59 Å². The Labute approximate surface area is 126 Å². The van der Waals surface area contributed by atoms with E-state index < -0.39 is 34.5 Å². The molecule has 0 atom stereocenters. The van der Waals surface area contributed by atoms with Gasteiger partial charge in [-0.15, -0.1) is 0 Å². The highest BCUT2D eigenvalue weighted by molar-refractivity contribution is 7.87. The molecule has 10 heteroatoms. The standard InChI is InChI=1S/C12H13N3O6S/c1-14(2)22(19,20)13-7-10(16)21-15-11(17)8-5-3-4-6-9(8)12(15)18/h3-6,13H,7H2,1-2H3. The van der Waals surface area contributed by atoms with Crippen LogP contribution in [0.25, 0.3) is 0 Å². The molecule has 0 saturated carbocycles. The van der Waals surface area contributed by atoms with Crippen LogP contribution in [-0.2, 0) is 19.8 Å². The van der Waals surface area contributed by atoms with E-state index in [1.807, 2.05) is 4.72 Å². The van der Waals surface area contributed by atoms with Crippen LogP contribution in [0.5, 0.6) is 0 Å². The first kappa shape index (κ1) is 16.1. The van der Waals surface area contributed by atoms with E-state index in [0.29, 0.717) is 5.06 Å². The number of rotatable bonds is 5. The van der Waals surface area contributed by atoms with Gasteiger partial charge in [-0.05, 0) is 12.1 Å². The molecule has 1 heterocycles. The van der Waals surface area contributed by atoms with E-state index in [4.69, 9.17) is 0 Å². The number of nitrogens with one attached hydrogen (secondary N) is 1. The highest BCUT2D eigenvalue weighted by Crippen LogP contribution is 2.22. The maximum atomic E-state index is 11.9. The van der Waals surface area contributed by atoms with Gasteiger partial charge >= 0.3 is 5.97 Å². The Morgan fingerprint density at radius 2 is 1.68 bits per heavy atom. The molecule has 1 N–H and O–H groups in total. The Kier molecular flexibility index (Phi) is 4.26. The van der Waals surface area contributed by atoms with Crippen molar-refractivity contribution in [2.24, 2.45) is 0 Å². The fraction of sp³-hybridized carbons (Fsp3) is 0.250. The van der Waals surface area contributed by atoms with Crippen molar-refractivity contribution in [2.75, 3.05) is 20.6 Å². The van der Waals surface area contributed by atoms with Crippen LogP contribution in [0.4, 0.5) is 0 Å². The van der Waals surface area contributed by atoms with Gasteiger partial charge in [-0.25, -0.2) is 4.79 Å². The van der Waals surface area contributed by atoms with Crippen molar-refractivity contribution < 1.29 is 27.6 Å². The first-order chi connectivity index (χ1) is 10.2. The average molecular weight is 327 g/mol. The van der Waals surface area contributed by atoms with Crippen molar-refractivity contribution in [3.05, 3.63) is 35.4 Å². The monoisotopic (exact) mass is 327 g/mol. The summed E-state index contributed by atoms with van der Waals surface area (Å²) in [6.45, 7) is -0.714. The molecular formula is C12H13N3O6S. The molecule has 0 saturated heterocycles. The molecule has 22 heavy (non-hydrogen) atoms.